The van der Waals surface area contributed by atoms with E-state index in [-0.39, 0.29) is 24.5 Å². The Kier molecular flexibility index (Phi) is 7.46. The van der Waals surface area contributed by atoms with Crippen LogP contribution in [-0.4, -0.2) is 57.1 Å². The van der Waals surface area contributed by atoms with Gasteiger partial charge in [-0.3, -0.25) is 9.69 Å². The van der Waals surface area contributed by atoms with Gasteiger partial charge in [-0.25, -0.2) is 13.4 Å². The van der Waals surface area contributed by atoms with Crippen molar-refractivity contribution in [3.05, 3.63) is 53.6 Å². The predicted molar refractivity (Wildman–Crippen MR) is 128 cm³/mol. The molecule has 0 saturated heterocycles. The van der Waals surface area contributed by atoms with Crippen molar-refractivity contribution in [2.75, 3.05) is 37.8 Å². The molecule has 3 rings (SSSR count). The number of benzene rings is 2. The molecule has 0 unspecified atom stereocenters. The molecule has 0 aliphatic rings. The first kappa shape index (κ1) is 23.4. The number of aromatic nitrogens is 1. The van der Waals surface area contributed by atoms with Crippen LogP contribution in [0.3, 0.4) is 0 Å². The van der Waals surface area contributed by atoms with Crippen LogP contribution < -0.4 is 4.90 Å². The number of likely N-dealkylation sites (N-methyl/N-ethyl adjacent to an activating group) is 1. The number of fused-ring (bicyclic) bond motifs is 1. The van der Waals surface area contributed by atoms with Gasteiger partial charge in [-0.15, -0.1) is 0 Å². The highest BCUT2D eigenvalue weighted by atomic mass is 32.2. The summed E-state index contributed by atoms with van der Waals surface area (Å²) in [5.41, 5.74) is 3.21. The zero-order valence-electron chi connectivity index (χ0n) is 18.5. The summed E-state index contributed by atoms with van der Waals surface area (Å²) in [6.07, 6.45) is 0.435. The molecule has 3 aromatic rings. The molecular weight excluding hydrogens is 430 g/mol. The van der Waals surface area contributed by atoms with Gasteiger partial charge in [0.2, 0.25) is 5.91 Å². The van der Waals surface area contributed by atoms with Crippen molar-refractivity contribution in [1.82, 2.24) is 9.88 Å². The van der Waals surface area contributed by atoms with E-state index in [9.17, 15) is 13.2 Å². The summed E-state index contributed by atoms with van der Waals surface area (Å²) >= 11 is 1.50. The quantitative estimate of drug-likeness (QED) is 0.483. The number of hydrogen-bond donors (Lipinski definition) is 0. The topological polar surface area (TPSA) is 70.6 Å². The first-order valence-electron chi connectivity index (χ1n) is 10.3. The molecule has 0 N–H and O–H groups in total. The summed E-state index contributed by atoms with van der Waals surface area (Å²) < 4.78 is 26.1. The number of nitrogens with zero attached hydrogens (tertiary/aromatic N) is 3. The average molecular weight is 460 g/mol. The van der Waals surface area contributed by atoms with Crippen molar-refractivity contribution in [1.29, 1.82) is 0 Å². The van der Waals surface area contributed by atoms with Crippen LogP contribution in [0.25, 0.3) is 10.2 Å². The van der Waals surface area contributed by atoms with Crippen LogP contribution >= 0.6 is 11.3 Å². The average Bonchev–Trinajstić information content (AvgIpc) is 3.16. The lowest BCUT2D eigenvalue weighted by atomic mass is 10.1. The standard InChI is InChI=1S/C23H29N3O3S2/c1-17-12-13-20-22(18(17)2)24-23(30-20)26(15-14-25(3)4)21(27)11-8-16-31(28,29)19-9-6-5-7-10-19/h5-7,9-10,12-13H,8,11,14-16H2,1-4H3. The monoisotopic (exact) mass is 459 g/mol. The van der Waals surface area contributed by atoms with E-state index in [1.807, 2.05) is 32.0 Å². The number of thiazole rings is 1. The van der Waals surface area contributed by atoms with Crippen LogP contribution in [0.1, 0.15) is 24.0 Å². The molecule has 6 nitrogen and oxygen atoms in total. The van der Waals surface area contributed by atoms with Crippen LogP contribution in [0.5, 0.6) is 0 Å². The highest BCUT2D eigenvalue weighted by Crippen LogP contribution is 2.32. The van der Waals surface area contributed by atoms with Crippen LogP contribution in [0.15, 0.2) is 47.4 Å². The van der Waals surface area contributed by atoms with Gasteiger partial charge in [0.05, 0.1) is 20.9 Å². The van der Waals surface area contributed by atoms with Crippen molar-refractivity contribution in [3.8, 4) is 0 Å². The summed E-state index contributed by atoms with van der Waals surface area (Å²) in [5, 5.41) is 0.668. The fraction of sp³-hybridized carbons (Fsp3) is 0.391. The normalized spacial score (nSPS) is 11.9. The molecule has 8 heteroatoms. The summed E-state index contributed by atoms with van der Waals surface area (Å²) in [4.78, 5) is 21.9. The molecule has 0 spiro atoms. The van der Waals surface area contributed by atoms with E-state index in [2.05, 4.69) is 13.0 Å². The second-order valence-electron chi connectivity index (χ2n) is 7.93. The third kappa shape index (κ3) is 5.70. The van der Waals surface area contributed by atoms with E-state index in [0.717, 1.165) is 15.8 Å². The van der Waals surface area contributed by atoms with E-state index >= 15 is 0 Å². The molecule has 1 heterocycles. The van der Waals surface area contributed by atoms with Gasteiger partial charge in [0, 0.05) is 19.5 Å². The lowest BCUT2D eigenvalue weighted by Gasteiger charge is -2.22. The lowest BCUT2D eigenvalue weighted by molar-refractivity contribution is -0.118. The molecule has 31 heavy (non-hydrogen) atoms. The number of carbonyl (C=O) groups excluding carboxylic acids is 1. The number of amides is 1. The highest BCUT2D eigenvalue weighted by molar-refractivity contribution is 7.91. The maximum Gasteiger partial charge on any atom is 0.228 e. The van der Waals surface area contributed by atoms with Gasteiger partial charge in [-0.2, -0.15) is 0 Å². The van der Waals surface area contributed by atoms with Crippen molar-refractivity contribution in [2.24, 2.45) is 0 Å². The van der Waals surface area contributed by atoms with Gasteiger partial charge in [-0.1, -0.05) is 35.6 Å². The summed E-state index contributed by atoms with van der Waals surface area (Å²) in [5.74, 6) is -0.152. The smallest absolute Gasteiger partial charge is 0.228 e. The molecule has 166 valence electrons. The number of anilines is 1. The maximum absolute atomic E-state index is 13.1. The SMILES string of the molecule is Cc1ccc2sc(N(CCN(C)C)C(=O)CCCS(=O)(=O)c3ccccc3)nc2c1C. The van der Waals surface area contributed by atoms with Crippen molar-refractivity contribution >= 4 is 42.4 Å². The molecule has 1 amide bonds. The van der Waals surface area contributed by atoms with Crippen molar-refractivity contribution in [3.63, 3.8) is 0 Å². The molecule has 2 aromatic carbocycles. The molecule has 0 aliphatic carbocycles. The lowest BCUT2D eigenvalue weighted by Crippen LogP contribution is -2.36. The number of hydrogen-bond acceptors (Lipinski definition) is 6. The Balaban J connectivity index is 1.76. The maximum atomic E-state index is 13.1. The van der Waals surface area contributed by atoms with Gasteiger partial charge in [0.15, 0.2) is 15.0 Å². The van der Waals surface area contributed by atoms with Gasteiger partial charge >= 0.3 is 0 Å². The van der Waals surface area contributed by atoms with Crippen molar-refractivity contribution in [2.45, 2.75) is 31.6 Å². The molecule has 0 bridgehead atoms. The summed E-state index contributed by atoms with van der Waals surface area (Å²) in [6, 6.07) is 12.5. The Morgan fingerprint density at radius 2 is 1.74 bits per heavy atom. The number of rotatable bonds is 9. The number of carbonyl (C=O) groups is 1. The first-order chi connectivity index (χ1) is 14.7. The molecule has 0 radical (unpaired) electrons. The zero-order valence-corrected chi connectivity index (χ0v) is 20.1. The van der Waals surface area contributed by atoms with Gasteiger partial charge in [0.25, 0.3) is 0 Å². The van der Waals surface area contributed by atoms with E-state index in [1.165, 1.54) is 16.9 Å². The van der Waals surface area contributed by atoms with Crippen LogP contribution in [0, 0.1) is 13.8 Å². The Hall–Kier alpha value is -2.29. The fourth-order valence-electron chi connectivity index (χ4n) is 3.25. The third-order valence-electron chi connectivity index (χ3n) is 5.28. The van der Waals surface area contributed by atoms with Gasteiger partial charge in [-0.05, 0) is 63.7 Å². The first-order valence-corrected chi connectivity index (χ1v) is 12.8. The third-order valence-corrected chi connectivity index (χ3v) is 8.14. The molecule has 1 aromatic heterocycles. The Morgan fingerprint density at radius 1 is 1.03 bits per heavy atom. The van der Waals surface area contributed by atoms with E-state index in [0.29, 0.717) is 23.1 Å². The minimum Gasteiger partial charge on any atom is -0.308 e. The van der Waals surface area contributed by atoms with Gasteiger partial charge < -0.3 is 4.90 Å². The minimum atomic E-state index is -3.39. The predicted octanol–water partition coefficient (Wildman–Crippen LogP) is 4.06. The molecule has 0 fully saturated rings. The van der Waals surface area contributed by atoms with Crippen molar-refractivity contribution < 1.29 is 13.2 Å². The molecular formula is C23H29N3O3S2. The van der Waals surface area contributed by atoms with E-state index in [1.54, 1.807) is 35.2 Å². The van der Waals surface area contributed by atoms with Crippen LogP contribution in [0.2, 0.25) is 0 Å². The Morgan fingerprint density at radius 3 is 2.42 bits per heavy atom. The summed E-state index contributed by atoms with van der Waals surface area (Å²) in [6.45, 7) is 5.30. The highest BCUT2D eigenvalue weighted by Gasteiger charge is 2.22. The molecule has 0 aliphatic heterocycles. The summed E-state index contributed by atoms with van der Waals surface area (Å²) in [7, 11) is 0.524. The van der Waals surface area contributed by atoms with Gasteiger partial charge in [0.1, 0.15) is 0 Å². The van der Waals surface area contributed by atoms with E-state index in [4.69, 9.17) is 4.98 Å². The van der Waals surface area contributed by atoms with Crippen LogP contribution in [-0.2, 0) is 14.6 Å². The zero-order chi connectivity index (χ0) is 22.6. The largest absolute Gasteiger partial charge is 0.308 e. The molecule has 0 saturated carbocycles. The second-order valence-corrected chi connectivity index (χ2v) is 11.1. The van der Waals surface area contributed by atoms with E-state index < -0.39 is 9.84 Å². The van der Waals surface area contributed by atoms with Crippen LogP contribution in [0.4, 0.5) is 5.13 Å². The fourth-order valence-corrected chi connectivity index (χ4v) is 5.65. The Bertz CT molecular complexity index is 1160. The number of sulfone groups is 1. The molecule has 0 atom stereocenters. The second kappa shape index (κ2) is 9.89. The number of aryl methyl sites for hydroxylation is 2. The minimum absolute atomic E-state index is 0.0532. The Labute approximate surface area is 188 Å².